The lowest BCUT2D eigenvalue weighted by molar-refractivity contribution is 0.0705. The second kappa shape index (κ2) is 8.45. The molecule has 0 spiro atoms. The van der Waals surface area contributed by atoms with Gasteiger partial charge in [-0.1, -0.05) is 0 Å². The molecule has 0 heterocycles. The van der Waals surface area contributed by atoms with Crippen molar-refractivity contribution >= 4 is 5.69 Å². The fourth-order valence-corrected chi connectivity index (χ4v) is 1.37. The van der Waals surface area contributed by atoms with E-state index in [-0.39, 0.29) is 5.56 Å². The first-order valence-corrected chi connectivity index (χ1v) is 5.78. The third kappa shape index (κ3) is 5.13. The van der Waals surface area contributed by atoms with Gasteiger partial charge in [0.2, 0.25) is 0 Å². The fraction of sp³-hybridized carbons (Fsp3) is 0.462. The summed E-state index contributed by atoms with van der Waals surface area (Å²) in [4.78, 5) is 0. The molecule has 0 fully saturated rings. The number of halogens is 1. The maximum atomic E-state index is 13.0. The molecule has 0 radical (unpaired) electrons. The minimum atomic E-state index is -0.494. The zero-order valence-corrected chi connectivity index (χ0v) is 10.4. The monoisotopic (exact) mass is 252 g/mol. The van der Waals surface area contributed by atoms with Crippen molar-refractivity contribution in [2.45, 2.75) is 6.42 Å². The molecule has 1 N–H and O–H groups in total. The Balaban J connectivity index is 2.22. The lowest BCUT2D eigenvalue weighted by Crippen LogP contribution is -2.08. The quantitative estimate of drug-likeness (QED) is 0.720. The summed E-state index contributed by atoms with van der Waals surface area (Å²) in [5.74, 6) is -0.494. The molecule has 1 aromatic carbocycles. The van der Waals surface area contributed by atoms with E-state index in [0.29, 0.717) is 26.4 Å². The molecule has 4 nitrogen and oxygen atoms in total. The SMILES string of the molecule is COCCOCCCNc1ccc(F)c(C#N)c1. The average Bonchev–Trinajstić information content (AvgIpc) is 2.39. The number of benzene rings is 1. The Kier molecular flexibility index (Phi) is 6.77. The molecule has 0 saturated carbocycles. The van der Waals surface area contributed by atoms with Crippen LogP contribution >= 0.6 is 0 Å². The van der Waals surface area contributed by atoms with Crippen molar-refractivity contribution in [1.29, 1.82) is 5.26 Å². The molecule has 1 aromatic rings. The van der Waals surface area contributed by atoms with Crippen molar-refractivity contribution in [1.82, 2.24) is 0 Å². The van der Waals surface area contributed by atoms with Crippen LogP contribution in [-0.4, -0.2) is 33.5 Å². The van der Waals surface area contributed by atoms with E-state index < -0.39 is 5.82 Å². The predicted octanol–water partition coefficient (Wildman–Crippen LogP) is 2.16. The first-order valence-electron chi connectivity index (χ1n) is 5.78. The van der Waals surface area contributed by atoms with Crippen LogP contribution in [0.4, 0.5) is 10.1 Å². The van der Waals surface area contributed by atoms with E-state index in [2.05, 4.69) is 5.32 Å². The van der Waals surface area contributed by atoms with E-state index in [0.717, 1.165) is 12.1 Å². The lowest BCUT2D eigenvalue weighted by Gasteiger charge is -2.07. The minimum Gasteiger partial charge on any atom is -0.385 e. The first kappa shape index (κ1) is 14.4. The van der Waals surface area contributed by atoms with E-state index in [1.807, 2.05) is 0 Å². The van der Waals surface area contributed by atoms with Gasteiger partial charge < -0.3 is 14.8 Å². The van der Waals surface area contributed by atoms with Gasteiger partial charge in [0, 0.05) is 25.9 Å². The molecular formula is C13H17FN2O2. The Hall–Kier alpha value is -1.64. The Morgan fingerprint density at radius 1 is 1.33 bits per heavy atom. The second-order valence-corrected chi connectivity index (χ2v) is 3.69. The van der Waals surface area contributed by atoms with Crippen LogP contribution in [0.25, 0.3) is 0 Å². The van der Waals surface area contributed by atoms with Crippen LogP contribution in [0.15, 0.2) is 18.2 Å². The Morgan fingerprint density at radius 2 is 2.17 bits per heavy atom. The molecule has 5 heteroatoms. The molecule has 0 aliphatic heterocycles. The molecule has 98 valence electrons. The highest BCUT2D eigenvalue weighted by atomic mass is 19.1. The van der Waals surface area contributed by atoms with Gasteiger partial charge in [0.1, 0.15) is 11.9 Å². The minimum absolute atomic E-state index is 0.0522. The van der Waals surface area contributed by atoms with Crippen molar-refractivity contribution < 1.29 is 13.9 Å². The van der Waals surface area contributed by atoms with Gasteiger partial charge >= 0.3 is 0 Å². The summed E-state index contributed by atoms with van der Waals surface area (Å²) in [7, 11) is 1.63. The number of hydrogen-bond donors (Lipinski definition) is 1. The number of ether oxygens (including phenoxy) is 2. The van der Waals surface area contributed by atoms with Gasteiger partial charge in [-0.2, -0.15) is 5.26 Å². The molecule has 0 saturated heterocycles. The number of nitrogens with zero attached hydrogens (tertiary/aromatic N) is 1. The smallest absolute Gasteiger partial charge is 0.141 e. The van der Waals surface area contributed by atoms with Crippen LogP contribution in [0.1, 0.15) is 12.0 Å². The molecular weight excluding hydrogens is 235 g/mol. The third-order valence-corrected chi connectivity index (χ3v) is 2.31. The zero-order chi connectivity index (χ0) is 13.2. The van der Waals surface area contributed by atoms with Crippen LogP contribution in [0.3, 0.4) is 0 Å². The van der Waals surface area contributed by atoms with Gasteiger partial charge in [0.15, 0.2) is 0 Å². The molecule has 0 bridgehead atoms. The van der Waals surface area contributed by atoms with Crippen molar-refractivity contribution in [2.75, 3.05) is 38.8 Å². The highest BCUT2D eigenvalue weighted by Crippen LogP contribution is 2.13. The molecule has 0 unspecified atom stereocenters. The maximum absolute atomic E-state index is 13.0. The Morgan fingerprint density at radius 3 is 2.89 bits per heavy atom. The Labute approximate surface area is 106 Å². The van der Waals surface area contributed by atoms with E-state index in [1.165, 1.54) is 12.1 Å². The summed E-state index contributed by atoms with van der Waals surface area (Å²) in [5.41, 5.74) is 0.793. The van der Waals surface area contributed by atoms with Crippen LogP contribution in [-0.2, 0) is 9.47 Å². The normalized spacial score (nSPS) is 10.1. The fourth-order valence-electron chi connectivity index (χ4n) is 1.37. The molecule has 0 aliphatic rings. The van der Waals surface area contributed by atoms with Crippen LogP contribution in [0.5, 0.6) is 0 Å². The number of anilines is 1. The Bertz CT molecular complexity index is 404. The standard InChI is InChI=1S/C13H17FN2O2/c1-17-7-8-18-6-2-5-16-12-3-4-13(14)11(9-12)10-15/h3-4,9,16H,2,5-8H2,1H3. The molecule has 0 atom stereocenters. The molecule has 18 heavy (non-hydrogen) atoms. The number of nitrogens with one attached hydrogen (secondary N) is 1. The average molecular weight is 252 g/mol. The molecule has 0 amide bonds. The summed E-state index contributed by atoms with van der Waals surface area (Å²) in [6, 6.07) is 6.21. The number of rotatable bonds is 8. The predicted molar refractivity (Wildman–Crippen MR) is 66.9 cm³/mol. The van der Waals surface area contributed by atoms with Crippen LogP contribution in [0.2, 0.25) is 0 Å². The second-order valence-electron chi connectivity index (χ2n) is 3.69. The topological polar surface area (TPSA) is 54.3 Å². The number of methoxy groups -OCH3 is 1. The van der Waals surface area contributed by atoms with Crippen molar-refractivity contribution in [3.05, 3.63) is 29.6 Å². The number of hydrogen-bond acceptors (Lipinski definition) is 4. The van der Waals surface area contributed by atoms with Crippen LogP contribution in [0, 0.1) is 17.1 Å². The summed E-state index contributed by atoms with van der Waals surface area (Å²) >= 11 is 0. The van der Waals surface area contributed by atoms with Gasteiger partial charge in [-0.25, -0.2) is 4.39 Å². The maximum Gasteiger partial charge on any atom is 0.141 e. The first-order chi connectivity index (χ1) is 8.77. The molecule has 1 rings (SSSR count). The van der Waals surface area contributed by atoms with Crippen molar-refractivity contribution in [3.63, 3.8) is 0 Å². The van der Waals surface area contributed by atoms with Crippen LogP contribution < -0.4 is 5.32 Å². The molecule has 0 aliphatic carbocycles. The van der Waals surface area contributed by atoms with Gasteiger partial charge in [0.25, 0.3) is 0 Å². The highest BCUT2D eigenvalue weighted by molar-refractivity contribution is 5.49. The third-order valence-electron chi connectivity index (χ3n) is 2.31. The van der Waals surface area contributed by atoms with E-state index >= 15 is 0 Å². The van der Waals surface area contributed by atoms with E-state index in [9.17, 15) is 4.39 Å². The van der Waals surface area contributed by atoms with Gasteiger partial charge in [0.05, 0.1) is 18.8 Å². The van der Waals surface area contributed by atoms with Gasteiger partial charge in [-0.3, -0.25) is 0 Å². The summed E-state index contributed by atoms with van der Waals surface area (Å²) in [5, 5.41) is 11.8. The van der Waals surface area contributed by atoms with E-state index in [1.54, 1.807) is 19.2 Å². The van der Waals surface area contributed by atoms with Crippen molar-refractivity contribution in [3.8, 4) is 6.07 Å². The summed E-state index contributed by atoms with van der Waals surface area (Å²) in [6.07, 6.45) is 0.836. The van der Waals surface area contributed by atoms with Crippen molar-refractivity contribution in [2.24, 2.45) is 0 Å². The van der Waals surface area contributed by atoms with E-state index in [4.69, 9.17) is 14.7 Å². The summed E-state index contributed by atoms with van der Waals surface area (Å²) < 4.78 is 23.2. The molecule has 0 aromatic heterocycles. The highest BCUT2D eigenvalue weighted by Gasteiger charge is 2.01. The summed E-state index contributed by atoms with van der Waals surface area (Å²) in [6.45, 7) is 2.54. The largest absolute Gasteiger partial charge is 0.385 e. The number of nitriles is 1. The lowest BCUT2D eigenvalue weighted by atomic mass is 10.2. The van der Waals surface area contributed by atoms with Gasteiger partial charge in [-0.15, -0.1) is 0 Å². The van der Waals surface area contributed by atoms with Gasteiger partial charge in [-0.05, 0) is 24.6 Å². The zero-order valence-electron chi connectivity index (χ0n) is 10.4.